The molecule has 0 aliphatic rings. The Labute approximate surface area is 141 Å². The van der Waals surface area contributed by atoms with Gasteiger partial charge in [0.2, 0.25) is 0 Å². The normalized spacial score (nSPS) is 10.0. The molecule has 0 spiro atoms. The number of carbonyl (C=O) groups is 1. The molecule has 0 fully saturated rings. The molecule has 0 heterocycles. The Kier molecular flexibility index (Phi) is 4.82. The molecule has 0 saturated carbocycles. The second kappa shape index (κ2) is 7.38. The van der Waals surface area contributed by atoms with E-state index < -0.39 is 0 Å². The summed E-state index contributed by atoms with van der Waals surface area (Å²) in [6.45, 7) is 0. The molecule has 0 saturated heterocycles. The van der Waals surface area contributed by atoms with E-state index in [1.54, 1.807) is 25.3 Å². The summed E-state index contributed by atoms with van der Waals surface area (Å²) in [4.78, 5) is 16.2. The minimum atomic E-state index is 0.499. The van der Waals surface area contributed by atoms with E-state index in [2.05, 4.69) is 0 Å². The summed E-state index contributed by atoms with van der Waals surface area (Å²) < 4.78 is 5.18. The van der Waals surface area contributed by atoms with Gasteiger partial charge in [0, 0.05) is 16.7 Å². The van der Waals surface area contributed by atoms with Crippen molar-refractivity contribution in [1.82, 2.24) is 0 Å². The molecule has 3 heteroatoms. The Morgan fingerprint density at radius 2 is 1.46 bits per heavy atom. The molecule has 0 N–H and O–H groups in total. The number of carbonyl (C=O) groups excluding carboxylic acids is 1. The van der Waals surface area contributed by atoms with Gasteiger partial charge in [-0.1, -0.05) is 60.7 Å². The van der Waals surface area contributed by atoms with Gasteiger partial charge in [0.25, 0.3) is 0 Å². The molecule has 24 heavy (non-hydrogen) atoms. The van der Waals surface area contributed by atoms with Gasteiger partial charge in [-0.05, 0) is 18.2 Å². The fourth-order valence-electron chi connectivity index (χ4n) is 2.46. The second-order valence-corrected chi connectivity index (χ2v) is 5.24. The lowest BCUT2D eigenvalue weighted by Crippen LogP contribution is -2.03. The molecule has 0 aromatic heterocycles. The lowest BCUT2D eigenvalue weighted by Gasteiger charge is -2.09. The van der Waals surface area contributed by atoms with Crippen LogP contribution in [0.2, 0.25) is 0 Å². The van der Waals surface area contributed by atoms with E-state index in [-0.39, 0.29) is 0 Å². The Morgan fingerprint density at radius 1 is 0.875 bits per heavy atom. The van der Waals surface area contributed by atoms with Crippen molar-refractivity contribution >= 4 is 17.7 Å². The molecule has 3 nitrogen and oxygen atoms in total. The number of aliphatic imine (C=N–C) groups is 1. The number of ether oxygens (including phenoxy) is 1. The maximum atomic E-state index is 11.4. The Morgan fingerprint density at radius 3 is 1.96 bits per heavy atom. The maximum Gasteiger partial charge on any atom is 0.152 e. The van der Waals surface area contributed by atoms with Crippen molar-refractivity contribution in [3.63, 3.8) is 0 Å². The number of rotatable bonds is 5. The van der Waals surface area contributed by atoms with Crippen molar-refractivity contribution in [2.75, 3.05) is 7.11 Å². The first-order valence-corrected chi connectivity index (χ1v) is 7.64. The van der Waals surface area contributed by atoms with E-state index in [4.69, 9.17) is 9.73 Å². The molecule has 3 rings (SSSR count). The predicted octanol–water partition coefficient (Wildman–Crippen LogP) is 4.68. The van der Waals surface area contributed by atoms with Crippen LogP contribution in [0.15, 0.2) is 83.9 Å². The number of benzene rings is 3. The molecule has 0 amide bonds. The van der Waals surface area contributed by atoms with Gasteiger partial charge in [0.1, 0.15) is 5.75 Å². The molecule has 0 unspecified atom stereocenters. The van der Waals surface area contributed by atoms with E-state index in [1.165, 1.54) is 0 Å². The van der Waals surface area contributed by atoms with Crippen LogP contribution in [0.3, 0.4) is 0 Å². The number of aldehydes is 1. The minimum Gasteiger partial charge on any atom is -0.497 e. The van der Waals surface area contributed by atoms with Crippen LogP contribution in [-0.2, 0) is 0 Å². The highest BCUT2D eigenvalue weighted by Crippen LogP contribution is 2.25. The van der Waals surface area contributed by atoms with Gasteiger partial charge >= 0.3 is 0 Å². The Balaban J connectivity index is 2.16. The highest BCUT2D eigenvalue weighted by molar-refractivity contribution is 6.14. The van der Waals surface area contributed by atoms with Gasteiger partial charge < -0.3 is 4.74 Å². The van der Waals surface area contributed by atoms with Gasteiger partial charge in [-0.2, -0.15) is 0 Å². The highest BCUT2D eigenvalue weighted by atomic mass is 16.5. The molecule has 0 aliphatic heterocycles. The maximum absolute atomic E-state index is 11.4. The van der Waals surface area contributed by atoms with Crippen molar-refractivity contribution < 1.29 is 9.53 Å². The number of methoxy groups -OCH3 is 1. The molecular formula is C21H17NO2. The largest absolute Gasteiger partial charge is 0.497 e. The number of nitrogens with zero attached hydrogens (tertiary/aromatic N) is 1. The molecule has 0 aliphatic carbocycles. The van der Waals surface area contributed by atoms with Gasteiger partial charge in [-0.25, -0.2) is 4.99 Å². The smallest absolute Gasteiger partial charge is 0.152 e. The van der Waals surface area contributed by atoms with Crippen molar-refractivity contribution in [2.45, 2.75) is 0 Å². The fourth-order valence-corrected chi connectivity index (χ4v) is 2.46. The lowest BCUT2D eigenvalue weighted by molar-refractivity contribution is 0.112. The summed E-state index contributed by atoms with van der Waals surface area (Å²) in [6, 6.07) is 25.2. The lowest BCUT2D eigenvalue weighted by atomic mass is 10.0. The Bertz CT molecular complexity index is 814. The van der Waals surface area contributed by atoms with Crippen LogP contribution in [0, 0.1) is 0 Å². The molecule has 0 radical (unpaired) electrons. The molecule has 0 atom stereocenters. The first-order valence-electron chi connectivity index (χ1n) is 7.64. The average molecular weight is 315 g/mol. The van der Waals surface area contributed by atoms with E-state index in [0.717, 1.165) is 23.1 Å². The van der Waals surface area contributed by atoms with E-state index >= 15 is 0 Å². The molecule has 118 valence electrons. The van der Waals surface area contributed by atoms with Crippen LogP contribution in [0.5, 0.6) is 5.75 Å². The van der Waals surface area contributed by atoms with E-state index in [0.29, 0.717) is 17.0 Å². The highest BCUT2D eigenvalue weighted by Gasteiger charge is 2.09. The minimum absolute atomic E-state index is 0.499. The predicted molar refractivity (Wildman–Crippen MR) is 96.6 cm³/mol. The average Bonchev–Trinajstić information content (AvgIpc) is 2.67. The standard InChI is InChI=1S/C21H17NO2/c1-24-19-12-13-20(18(14-19)15-23)22-21(16-8-4-2-5-9-16)17-10-6-3-7-11-17/h2-15H,1H3. The van der Waals surface area contributed by atoms with Gasteiger partial charge in [-0.3, -0.25) is 4.79 Å². The van der Waals surface area contributed by atoms with Gasteiger partial charge in [0.05, 0.1) is 18.5 Å². The number of hydrogen-bond donors (Lipinski definition) is 0. The van der Waals surface area contributed by atoms with Crippen molar-refractivity contribution in [2.24, 2.45) is 4.99 Å². The van der Waals surface area contributed by atoms with Crippen molar-refractivity contribution in [3.8, 4) is 5.75 Å². The fraction of sp³-hybridized carbons (Fsp3) is 0.0476. The second-order valence-electron chi connectivity index (χ2n) is 5.24. The third kappa shape index (κ3) is 3.41. The Hall–Kier alpha value is -3.20. The zero-order valence-electron chi connectivity index (χ0n) is 13.3. The topological polar surface area (TPSA) is 38.7 Å². The van der Waals surface area contributed by atoms with E-state index in [1.807, 2.05) is 60.7 Å². The summed E-state index contributed by atoms with van der Waals surface area (Å²) in [5, 5.41) is 0. The van der Waals surface area contributed by atoms with Gasteiger partial charge in [0.15, 0.2) is 6.29 Å². The molecule has 0 bridgehead atoms. The zero-order valence-corrected chi connectivity index (χ0v) is 13.3. The monoisotopic (exact) mass is 315 g/mol. The van der Waals surface area contributed by atoms with E-state index in [9.17, 15) is 4.79 Å². The molecule has 3 aromatic carbocycles. The summed E-state index contributed by atoms with van der Waals surface area (Å²) in [5.74, 6) is 0.636. The quantitative estimate of drug-likeness (QED) is 0.506. The third-order valence-corrected chi connectivity index (χ3v) is 3.69. The first-order chi connectivity index (χ1) is 11.8. The van der Waals surface area contributed by atoms with Crippen molar-refractivity contribution in [3.05, 3.63) is 95.6 Å². The summed E-state index contributed by atoms with van der Waals surface area (Å²) >= 11 is 0. The van der Waals surface area contributed by atoms with Crippen LogP contribution in [0.1, 0.15) is 21.5 Å². The SMILES string of the molecule is COc1ccc(N=C(c2ccccc2)c2ccccc2)c(C=O)c1. The van der Waals surface area contributed by atoms with Crippen LogP contribution >= 0.6 is 0 Å². The molecular weight excluding hydrogens is 298 g/mol. The van der Waals surface area contributed by atoms with Crippen LogP contribution in [-0.4, -0.2) is 19.1 Å². The number of hydrogen-bond acceptors (Lipinski definition) is 3. The molecule has 3 aromatic rings. The summed E-state index contributed by atoms with van der Waals surface area (Å²) in [5.41, 5.74) is 3.93. The summed E-state index contributed by atoms with van der Waals surface area (Å²) in [6.07, 6.45) is 0.801. The first kappa shape index (κ1) is 15.7. The van der Waals surface area contributed by atoms with Crippen molar-refractivity contribution in [1.29, 1.82) is 0 Å². The van der Waals surface area contributed by atoms with Crippen LogP contribution in [0.4, 0.5) is 5.69 Å². The van der Waals surface area contributed by atoms with Gasteiger partial charge in [-0.15, -0.1) is 0 Å². The zero-order chi connectivity index (χ0) is 16.8. The summed E-state index contributed by atoms with van der Waals surface area (Å²) in [7, 11) is 1.58. The van der Waals surface area contributed by atoms with Crippen LogP contribution in [0.25, 0.3) is 0 Å². The third-order valence-electron chi connectivity index (χ3n) is 3.69. The van der Waals surface area contributed by atoms with Crippen LogP contribution < -0.4 is 4.74 Å².